The normalized spacial score (nSPS) is 9.68. The summed E-state index contributed by atoms with van der Waals surface area (Å²) in [5, 5.41) is 0. The topological polar surface area (TPSA) is 90.7 Å². The van der Waals surface area contributed by atoms with E-state index < -0.39 is 5.97 Å². The third-order valence-electron chi connectivity index (χ3n) is 2.29. The van der Waals surface area contributed by atoms with E-state index in [0.717, 1.165) is 0 Å². The van der Waals surface area contributed by atoms with Gasteiger partial charge in [0.2, 0.25) is 0 Å². The Bertz CT molecular complexity index is 605. The zero-order valence-corrected chi connectivity index (χ0v) is 10.1. The van der Waals surface area contributed by atoms with E-state index in [4.69, 9.17) is 16.2 Å². The van der Waals surface area contributed by atoms with Crippen molar-refractivity contribution in [3.05, 3.63) is 60.2 Å². The van der Waals surface area contributed by atoms with Gasteiger partial charge in [-0.2, -0.15) is 0 Å². The third-order valence-corrected chi connectivity index (χ3v) is 2.29. The molecule has 0 fully saturated rings. The Balaban J connectivity index is 2.18. The van der Waals surface area contributed by atoms with Gasteiger partial charge in [-0.1, -0.05) is 24.3 Å². The Morgan fingerprint density at radius 1 is 1.00 bits per heavy atom. The number of hydrogen-bond acceptors (Lipinski definition) is 3. The predicted octanol–water partition coefficient (Wildman–Crippen LogP) is 1.81. The van der Waals surface area contributed by atoms with Crippen LogP contribution < -0.4 is 16.2 Å². The molecule has 96 valence electrons. The summed E-state index contributed by atoms with van der Waals surface area (Å²) in [6.45, 7) is 0. The molecular formula is C14H13N3O2. The van der Waals surface area contributed by atoms with E-state index in [1.54, 1.807) is 48.5 Å². The van der Waals surface area contributed by atoms with E-state index in [2.05, 4.69) is 4.99 Å². The summed E-state index contributed by atoms with van der Waals surface area (Å²) in [4.78, 5) is 15.8. The van der Waals surface area contributed by atoms with Crippen molar-refractivity contribution in [2.24, 2.45) is 16.5 Å². The number of carbonyl (C=O) groups is 1. The Labute approximate surface area is 110 Å². The van der Waals surface area contributed by atoms with Crippen LogP contribution in [0.5, 0.6) is 5.75 Å². The van der Waals surface area contributed by atoms with Crippen molar-refractivity contribution < 1.29 is 9.53 Å². The highest BCUT2D eigenvalue weighted by molar-refractivity contribution is 5.92. The monoisotopic (exact) mass is 255 g/mol. The van der Waals surface area contributed by atoms with Gasteiger partial charge in [-0.15, -0.1) is 0 Å². The van der Waals surface area contributed by atoms with Crippen LogP contribution in [0.25, 0.3) is 0 Å². The fraction of sp³-hybridized carbons (Fsp3) is 0. The molecule has 0 aliphatic heterocycles. The molecule has 0 aliphatic rings. The zero-order chi connectivity index (χ0) is 13.7. The second-order valence-electron chi connectivity index (χ2n) is 3.79. The number of hydrogen-bond donors (Lipinski definition) is 2. The molecule has 0 spiro atoms. The molecule has 5 heteroatoms. The Hall–Kier alpha value is -2.82. The first-order valence-electron chi connectivity index (χ1n) is 5.62. The Morgan fingerprint density at radius 2 is 1.74 bits per heavy atom. The largest absolute Gasteiger partial charge is 0.423 e. The number of aliphatic imine (C=N–C) groups is 1. The standard InChI is InChI=1S/C14H13N3O2/c15-14(16)17-11-6-4-5-10(9-11)13(18)19-12-7-2-1-3-8-12/h1-9H,(H4,15,16,17). The van der Waals surface area contributed by atoms with Crippen molar-refractivity contribution in [2.75, 3.05) is 0 Å². The molecular weight excluding hydrogens is 242 g/mol. The lowest BCUT2D eigenvalue weighted by atomic mass is 10.2. The minimum atomic E-state index is -0.459. The van der Waals surface area contributed by atoms with Crippen molar-refractivity contribution in [1.29, 1.82) is 0 Å². The average molecular weight is 255 g/mol. The van der Waals surface area contributed by atoms with Crippen molar-refractivity contribution in [2.45, 2.75) is 0 Å². The average Bonchev–Trinajstić information content (AvgIpc) is 2.39. The number of guanidine groups is 1. The molecule has 0 heterocycles. The van der Waals surface area contributed by atoms with Crippen molar-refractivity contribution in [1.82, 2.24) is 0 Å². The van der Waals surface area contributed by atoms with Gasteiger partial charge in [0.15, 0.2) is 5.96 Å². The van der Waals surface area contributed by atoms with E-state index in [0.29, 0.717) is 17.0 Å². The van der Waals surface area contributed by atoms with Crippen LogP contribution in [0, 0.1) is 0 Å². The number of benzene rings is 2. The van der Waals surface area contributed by atoms with Crippen LogP contribution in [0.4, 0.5) is 5.69 Å². The minimum absolute atomic E-state index is 0.0615. The van der Waals surface area contributed by atoms with Gasteiger partial charge in [0, 0.05) is 0 Å². The molecule has 0 radical (unpaired) electrons. The van der Waals surface area contributed by atoms with E-state index in [9.17, 15) is 4.79 Å². The van der Waals surface area contributed by atoms with Crippen molar-refractivity contribution >= 4 is 17.6 Å². The molecule has 19 heavy (non-hydrogen) atoms. The molecule has 2 aromatic carbocycles. The van der Waals surface area contributed by atoms with E-state index >= 15 is 0 Å². The first-order valence-corrected chi connectivity index (χ1v) is 5.62. The molecule has 0 bridgehead atoms. The summed E-state index contributed by atoms with van der Waals surface area (Å²) in [6.07, 6.45) is 0. The number of carbonyl (C=O) groups excluding carboxylic acids is 1. The van der Waals surface area contributed by atoms with Gasteiger partial charge in [-0.3, -0.25) is 0 Å². The van der Waals surface area contributed by atoms with E-state index in [1.165, 1.54) is 0 Å². The first kappa shape index (κ1) is 12.6. The minimum Gasteiger partial charge on any atom is -0.423 e. The van der Waals surface area contributed by atoms with Crippen LogP contribution in [0.2, 0.25) is 0 Å². The van der Waals surface area contributed by atoms with Crippen LogP contribution in [0.1, 0.15) is 10.4 Å². The zero-order valence-electron chi connectivity index (χ0n) is 10.1. The third kappa shape index (κ3) is 3.57. The summed E-state index contributed by atoms with van der Waals surface area (Å²) in [5.41, 5.74) is 11.5. The van der Waals surface area contributed by atoms with Gasteiger partial charge < -0.3 is 16.2 Å². The number of nitrogens with zero attached hydrogens (tertiary/aromatic N) is 1. The number of nitrogens with two attached hydrogens (primary N) is 2. The summed E-state index contributed by atoms with van der Waals surface area (Å²) in [5.74, 6) is -0.0350. The van der Waals surface area contributed by atoms with Crippen LogP contribution in [0.15, 0.2) is 59.6 Å². The molecule has 0 aliphatic carbocycles. The number of esters is 1. The van der Waals surface area contributed by atoms with Gasteiger partial charge in [0.1, 0.15) is 5.75 Å². The fourth-order valence-corrected chi connectivity index (χ4v) is 1.51. The molecule has 2 rings (SSSR count). The highest BCUT2D eigenvalue weighted by Crippen LogP contribution is 2.16. The van der Waals surface area contributed by atoms with Gasteiger partial charge in [-0.25, -0.2) is 9.79 Å². The lowest BCUT2D eigenvalue weighted by Crippen LogP contribution is -2.21. The summed E-state index contributed by atoms with van der Waals surface area (Å²) < 4.78 is 5.21. The predicted molar refractivity (Wildman–Crippen MR) is 73.3 cm³/mol. The lowest BCUT2D eigenvalue weighted by Gasteiger charge is -2.04. The van der Waals surface area contributed by atoms with Gasteiger partial charge in [0.05, 0.1) is 11.3 Å². The van der Waals surface area contributed by atoms with E-state index in [-0.39, 0.29) is 5.96 Å². The fourth-order valence-electron chi connectivity index (χ4n) is 1.51. The summed E-state index contributed by atoms with van der Waals surface area (Å²) in [6, 6.07) is 15.4. The molecule has 0 amide bonds. The quantitative estimate of drug-likeness (QED) is 0.379. The summed E-state index contributed by atoms with van der Waals surface area (Å²) >= 11 is 0. The smallest absolute Gasteiger partial charge is 0.343 e. The van der Waals surface area contributed by atoms with Gasteiger partial charge in [-0.05, 0) is 30.3 Å². The molecule has 5 nitrogen and oxygen atoms in total. The Morgan fingerprint density at radius 3 is 2.42 bits per heavy atom. The first-order chi connectivity index (χ1) is 9.15. The van der Waals surface area contributed by atoms with E-state index in [1.807, 2.05) is 6.07 Å². The number of para-hydroxylation sites is 1. The molecule has 0 saturated heterocycles. The van der Waals surface area contributed by atoms with Crippen LogP contribution >= 0.6 is 0 Å². The second kappa shape index (κ2) is 5.68. The van der Waals surface area contributed by atoms with Crippen LogP contribution in [-0.2, 0) is 0 Å². The SMILES string of the molecule is NC(N)=Nc1cccc(C(=O)Oc2ccccc2)c1. The van der Waals surface area contributed by atoms with Crippen LogP contribution in [-0.4, -0.2) is 11.9 Å². The molecule has 0 unspecified atom stereocenters. The summed E-state index contributed by atoms with van der Waals surface area (Å²) in [7, 11) is 0. The molecule has 0 aromatic heterocycles. The maximum absolute atomic E-state index is 11.9. The van der Waals surface area contributed by atoms with Crippen molar-refractivity contribution in [3.8, 4) is 5.75 Å². The molecule has 0 atom stereocenters. The maximum Gasteiger partial charge on any atom is 0.343 e. The second-order valence-corrected chi connectivity index (χ2v) is 3.79. The molecule has 4 N–H and O–H groups in total. The molecule has 2 aromatic rings. The number of rotatable bonds is 3. The van der Waals surface area contributed by atoms with Crippen LogP contribution in [0.3, 0.4) is 0 Å². The lowest BCUT2D eigenvalue weighted by molar-refractivity contribution is 0.0735. The maximum atomic E-state index is 11.9. The van der Waals surface area contributed by atoms with Gasteiger partial charge >= 0.3 is 5.97 Å². The number of ether oxygens (including phenoxy) is 1. The van der Waals surface area contributed by atoms with Gasteiger partial charge in [0.25, 0.3) is 0 Å². The highest BCUT2D eigenvalue weighted by atomic mass is 16.5. The highest BCUT2D eigenvalue weighted by Gasteiger charge is 2.08. The Kier molecular flexibility index (Phi) is 3.78. The van der Waals surface area contributed by atoms with Crippen molar-refractivity contribution in [3.63, 3.8) is 0 Å². The molecule has 0 saturated carbocycles.